The number of nitrogens with zero attached hydrogens (tertiary/aromatic N) is 1. The van der Waals surface area contributed by atoms with Crippen molar-refractivity contribution in [2.24, 2.45) is 0 Å². The smallest absolute Gasteiger partial charge is 0.222 e. The Morgan fingerprint density at radius 3 is 2.61 bits per heavy atom. The van der Waals surface area contributed by atoms with E-state index in [-0.39, 0.29) is 17.6 Å². The predicted octanol–water partition coefficient (Wildman–Crippen LogP) is 2.76. The number of anilines is 1. The van der Waals surface area contributed by atoms with Gasteiger partial charge in [0.1, 0.15) is 5.69 Å². The van der Waals surface area contributed by atoms with E-state index in [0.717, 1.165) is 5.56 Å². The van der Waals surface area contributed by atoms with Crippen LogP contribution in [-0.4, -0.2) is 17.4 Å². The van der Waals surface area contributed by atoms with E-state index in [0.29, 0.717) is 17.0 Å². The van der Waals surface area contributed by atoms with Gasteiger partial charge in [-0.25, -0.2) is 0 Å². The lowest BCUT2D eigenvalue weighted by Crippen LogP contribution is -1.95. The second-order valence-corrected chi connectivity index (χ2v) is 4.35. The maximum Gasteiger partial charge on any atom is 0.222 e. The topological polar surface area (TPSA) is 81.5 Å². The maximum absolute atomic E-state index is 10.2. The lowest BCUT2D eigenvalue weighted by Gasteiger charge is -2.14. The van der Waals surface area contributed by atoms with Crippen molar-refractivity contribution in [1.82, 2.24) is 5.16 Å². The van der Waals surface area contributed by atoms with E-state index < -0.39 is 0 Å². The maximum atomic E-state index is 10.2. The minimum atomic E-state index is 0.0528. The Hall–Kier alpha value is -2.17. The van der Waals surface area contributed by atoms with Crippen LogP contribution in [0.1, 0.15) is 25.3 Å². The zero-order valence-corrected chi connectivity index (χ0v) is 10.6. The molecule has 1 aromatic heterocycles. The van der Waals surface area contributed by atoms with Crippen LogP contribution in [0.4, 0.5) is 5.88 Å². The summed E-state index contributed by atoms with van der Waals surface area (Å²) >= 11 is 0. The minimum Gasteiger partial charge on any atom is -0.504 e. The Kier molecular flexibility index (Phi) is 3.14. The van der Waals surface area contributed by atoms with Crippen molar-refractivity contribution < 1.29 is 14.4 Å². The zero-order chi connectivity index (χ0) is 13.3. The summed E-state index contributed by atoms with van der Waals surface area (Å²) in [6.07, 6.45) is 0. The summed E-state index contributed by atoms with van der Waals surface area (Å²) in [6.45, 7) is 4.07. The molecule has 5 heteroatoms. The molecule has 0 radical (unpaired) electrons. The van der Waals surface area contributed by atoms with Crippen LogP contribution in [-0.2, 0) is 0 Å². The van der Waals surface area contributed by atoms with Crippen LogP contribution in [0.25, 0.3) is 11.3 Å². The summed E-state index contributed by atoms with van der Waals surface area (Å²) in [5.74, 6) is 0.893. The van der Waals surface area contributed by atoms with Gasteiger partial charge in [0, 0.05) is 6.07 Å². The zero-order valence-electron chi connectivity index (χ0n) is 10.6. The van der Waals surface area contributed by atoms with Gasteiger partial charge in [0.15, 0.2) is 11.5 Å². The van der Waals surface area contributed by atoms with Gasteiger partial charge in [0.25, 0.3) is 0 Å². The van der Waals surface area contributed by atoms with E-state index in [1.54, 1.807) is 12.1 Å². The van der Waals surface area contributed by atoms with Crippen molar-refractivity contribution in [2.45, 2.75) is 19.8 Å². The number of aromatic hydroxyl groups is 1. The standard InChI is InChI=1S/C13H16N2O3/c1-7(2)8-4-5-10(17-3)13(16)12(8)9-6-11(14)18-15-9/h4-7,16H,14H2,1-3H3. The molecule has 0 aliphatic heterocycles. The summed E-state index contributed by atoms with van der Waals surface area (Å²) < 4.78 is 9.97. The molecule has 0 spiro atoms. The molecule has 2 rings (SSSR count). The number of nitrogen functional groups attached to an aromatic ring is 1. The third kappa shape index (κ3) is 1.99. The highest BCUT2D eigenvalue weighted by Gasteiger charge is 2.19. The molecule has 0 unspecified atom stereocenters. The minimum absolute atomic E-state index is 0.0528. The summed E-state index contributed by atoms with van der Waals surface area (Å²) in [5.41, 5.74) is 7.59. The van der Waals surface area contributed by atoms with Crippen LogP contribution in [0, 0.1) is 0 Å². The van der Waals surface area contributed by atoms with E-state index >= 15 is 0 Å². The number of phenolic OH excluding ortho intramolecular Hbond substituents is 1. The second kappa shape index (κ2) is 4.60. The van der Waals surface area contributed by atoms with Gasteiger partial charge in [-0.15, -0.1) is 0 Å². The van der Waals surface area contributed by atoms with Crippen molar-refractivity contribution in [3.63, 3.8) is 0 Å². The fraction of sp³-hybridized carbons (Fsp3) is 0.308. The molecule has 0 atom stereocenters. The molecule has 0 amide bonds. The largest absolute Gasteiger partial charge is 0.504 e. The number of nitrogens with two attached hydrogens (primary N) is 1. The highest BCUT2D eigenvalue weighted by atomic mass is 16.5. The van der Waals surface area contributed by atoms with Gasteiger partial charge in [-0.2, -0.15) is 0 Å². The van der Waals surface area contributed by atoms with Gasteiger partial charge in [0.2, 0.25) is 5.88 Å². The molecule has 0 fully saturated rings. The lowest BCUT2D eigenvalue weighted by atomic mass is 9.94. The number of phenols is 1. The molecular weight excluding hydrogens is 232 g/mol. The third-order valence-corrected chi connectivity index (χ3v) is 2.80. The Labute approximate surface area is 105 Å². The lowest BCUT2D eigenvalue weighted by molar-refractivity contribution is 0.373. The van der Waals surface area contributed by atoms with Crippen LogP contribution in [0.5, 0.6) is 11.5 Å². The molecule has 3 N–H and O–H groups in total. The Balaban J connectivity index is 2.68. The fourth-order valence-corrected chi connectivity index (χ4v) is 1.91. The van der Waals surface area contributed by atoms with Crippen molar-refractivity contribution >= 4 is 5.88 Å². The Morgan fingerprint density at radius 2 is 2.11 bits per heavy atom. The van der Waals surface area contributed by atoms with Crippen molar-refractivity contribution in [2.75, 3.05) is 12.8 Å². The summed E-state index contributed by atoms with van der Waals surface area (Å²) in [7, 11) is 1.50. The molecule has 0 saturated heterocycles. The van der Waals surface area contributed by atoms with Crippen LogP contribution in [0.15, 0.2) is 22.7 Å². The molecule has 0 aliphatic carbocycles. The van der Waals surface area contributed by atoms with Gasteiger partial charge in [-0.1, -0.05) is 25.1 Å². The first kappa shape index (κ1) is 12.3. The van der Waals surface area contributed by atoms with Crippen molar-refractivity contribution in [3.05, 3.63) is 23.8 Å². The number of hydrogen-bond acceptors (Lipinski definition) is 5. The number of ether oxygens (including phenoxy) is 1. The van der Waals surface area contributed by atoms with Gasteiger partial charge in [0.05, 0.1) is 12.7 Å². The van der Waals surface area contributed by atoms with Gasteiger partial charge >= 0.3 is 0 Å². The van der Waals surface area contributed by atoms with E-state index in [4.69, 9.17) is 15.0 Å². The summed E-state index contributed by atoms with van der Waals surface area (Å²) in [6, 6.07) is 5.22. The van der Waals surface area contributed by atoms with E-state index in [1.807, 2.05) is 19.9 Å². The summed E-state index contributed by atoms with van der Waals surface area (Å²) in [5, 5.41) is 14.1. The second-order valence-electron chi connectivity index (χ2n) is 4.35. The first-order chi connectivity index (χ1) is 8.54. The first-order valence-corrected chi connectivity index (χ1v) is 5.67. The monoisotopic (exact) mass is 248 g/mol. The number of methoxy groups -OCH3 is 1. The number of hydrogen-bond donors (Lipinski definition) is 2. The molecule has 5 nitrogen and oxygen atoms in total. The van der Waals surface area contributed by atoms with Crippen LogP contribution in [0.3, 0.4) is 0 Å². The van der Waals surface area contributed by atoms with Crippen LogP contribution in [0.2, 0.25) is 0 Å². The number of aromatic nitrogens is 1. The highest BCUT2D eigenvalue weighted by Crippen LogP contribution is 2.42. The molecule has 0 bridgehead atoms. The van der Waals surface area contributed by atoms with E-state index in [1.165, 1.54) is 7.11 Å². The van der Waals surface area contributed by atoms with Gasteiger partial charge < -0.3 is 20.1 Å². The van der Waals surface area contributed by atoms with Crippen LogP contribution >= 0.6 is 0 Å². The Bertz CT molecular complexity index is 561. The predicted molar refractivity (Wildman–Crippen MR) is 68.7 cm³/mol. The Morgan fingerprint density at radius 1 is 1.39 bits per heavy atom. The molecule has 1 heterocycles. The number of benzene rings is 1. The first-order valence-electron chi connectivity index (χ1n) is 5.67. The molecule has 96 valence electrons. The SMILES string of the molecule is COc1ccc(C(C)C)c(-c2cc(N)on2)c1O. The van der Waals surface area contributed by atoms with Crippen molar-refractivity contribution in [1.29, 1.82) is 0 Å². The number of rotatable bonds is 3. The molecular formula is C13H16N2O3. The van der Waals surface area contributed by atoms with E-state index in [2.05, 4.69) is 5.16 Å². The quantitative estimate of drug-likeness (QED) is 0.872. The molecule has 2 aromatic rings. The highest BCUT2D eigenvalue weighted by molar-refractivity contribution is 5.75. The molecule has 0 aliphatic rings. The molecule has 0 saturated carbocycles. The average Bonchev–Trinajstić information content (AvgIpc) is 2.74. The van der Waals surface area contributed by atoms with Crippen LogP contribution < -0.4 is 10.5 Å². The normalized spacial score (nSPS) is 10.9. The average molecular weight is 248 g/mol. The fourth-order valence-electron chi connectivity index (χ4n) is 1.91. The summed E-state index contributed by atoms with van der Waals surface area (Å²) in [4.78, 5) is 0. The van der Waals surface area contributed by atoms with Gasteiger partial charge in [-0.3, -0.25) is 0 Å². The third-order valence-electron chi connectivity index (χ3n) is 2.80. The molecule has 18 heavy (non-hydrogen) atoms. The molecule has 1 aromatic carbocycles. The van der Waals surface area contributed by atoms with E-state index in [9.17, 15) is 5.11 Å². The van der Waals surface area contributed by atoms with Crippen molar-refractivity contribution in [3.8, 4) is 22.8 Å². The van der Waals surface area contributed by atoms with Gasteiger partial charge in [-0.05, 0) is 17.5 Å².